The molecule has 64 heteroatoms. The van der Waals surface area contributed by atoms with Gasteiger partial charge in [0.25, 0.3) is 0 Å². The minimum absolute atomic E-state index is 0.859. The third-order valence-corrected chi connectivity index (χ3v) is 27.0. The highest BCUT2D eigenvalue weighted by atomic mass is 16.8. The van der Waals surface area contributed by atoms with E-state index in [0.29, 0.717) is 0 Å². The Morgan fingerprint density at radius 2 is 0.438 bits per heavy atom. The Bertz CT molecular complexity index is 4090. The van der Waals surface area contributed by atoms with E-state index in [0.717, 1.165) is 34.6 Å². The lowest BCUT2D eigenvalue weighted by atomic mass is 9.93. The maximum absolute atomic E-state index is 13.6. The van der Waals surface area contributed by atoms with Gasteiger partial charge in [-0.1, -0.05) is 0 Å². The first kappa shape index (κ1) is 120. The van der Waals surface area contributed by atoms with Crippen molar-refractivity contribution in [2.45, 2.75) is 417 Å². The smallest absolute Gasteiger partial charge is 0.217 e. The second kappa shape index (κ2) is 52.2. The molecule has 844 valence electrons. The van der Waals surface area contributed by atoms with E-state index in [1.54, 1.807) is 0 Å². The summed E-state index contributed by atoms with van der Waals surface area (Å²) in [7, 11) is 0. The Balaban J connectivity index is 0.882. The average Bonchev–Trinajstić information content (AvgIpc) is 0.757. The molecular formula is C82H137N5O59. The molecule has 0 aromatic carbocycles. The molecule has 5 amide bonds. The summed E-state index contributed by atoms with van der Waals surface area (Å²) in [6.45, 7) is -4.60. The van der Waals surface area contributed by atoms with Crippen LogP contribution >= 0.6 is 0 Å². The molecule has 12 aliphatic rings. The van der Waals surface area contributed by atoms with Gasteiger partial charge in [-0.25, -0.2) is 0 Å². The number of amides is 5. The Labute approximate surface area is 827 Å². The zero-order valence-corrected chi connectivity index (χ0v) is 79.0. The number of hydrogen-bond acceptors (Lipinski definition) is 59. The lowest BCUT2D eigenvalue weighted by Gasteiger charge is -2.52. The van der Waals surface area contributed by atoms with Crippen LogP contribution in [0, 0.1) is 0 Å². The summed E-state index contributed by atoms with van der Waals surface area (Å²) in [5.74, 6) is -4.86. The molecule has 0 aliphatic carbocycles. The topological polar surface area (TPSA) is 985 Å². The molecule has 0 spiro atoms. The molecule has 0 bridgehead atoms. The summed E-state index contributed by atoms with van der Waals surface area (Å²) in [5.41, 5.74) is 0. The van der Waals surface area contributed by atoms with Gasteiger partial charge in [0.15, 0.2) is 75.5 Å². The van der Waals surface area contributed by atoms with E-state index in [1.165, 1.54) is 13.8 Å². The van der Waals surface area contributed by atoms with Gasteiger partial charge in [0, 0.05) is 34.6 Å². The van der Waals surface area contributed by atoms with Crippen molar-refractivity contribution in [2.75, 3.05) is 66.1 Å². The van der Waals surface area contributed by atoms with Gasteiger partial charge >= 0.3 is 0 Å². The standard InChI is InChI=1S/C82H137N5O59/c1-18-40(101)53(114)58(119)76(126-18)124-17-34-65(49(110)35(71(123)128-34)83-20(3)96)138-73-37(85-22(5)98)50(111)63(31(14-94)134-73)140-79-61(122)66(47(108)33(137-79)16-125-80-68(56(117)44(105)27(10-90)131-80)144-74-38(86-23(6)99)51(112)62(30(13-93)135-74)139-78-60(121)55(116)43(104)26(9-89)130-78)142-81-69(57(118)45(106)28(11-91)132-81)145-75-39(87-24(7)100)52(113)64(32(15-95)136-75)141-82-70(146-77-59(120)54(115)41(102)19(2)127-77)67(46(107)29(12-92)133-82)143-72-36(84-21(4)97)48(109)42(103)25(8-88)129-72/h18-19,25-82,88-95,101-123H,8-17H2,1-7H3,(H,83,96)(H,84,97)(H,85,98)(H,86,99)(H,87,100)/t18-,19-,25+,26+,27+,28+,29+,30+,31+,32+,33+,34+,35+,36+,37+,38+,39+,40+,41+,42-,43-,44+,45+,46-,47+,48+,49+,50+,51+,52+,53+,54+,55-,56-,57-,58-,59-,60+,61-,62+,63+,64+,65+,66-,67-,68-,69-,70+,71?,72+,73-,74-,75-,76+,77-,78-,79-,80-,81+,82-/m0/s1. The molecule has 60 atom stereocenters. The summed E-state index contributed by atoms with van der Waals surface area (Å²) < 4.78 is 139. The van der Waals surface area contributed by atoms with E-state index < -0.39 is 464 Å². The molecule has 146 heavy (non-hydrogen) atoms. The number of hydrogen-bond donors (Lipinski definition) is 36. The van der Waals surface area contributed by atoms with Crippen molar-refractivity contribution < 1.29 is 291 Å². The molecule has 12 aliphatic heterocycles. The number of carbonyl (C=O) groups excluding carboxylic acids is 5. The van der Waals surface area contributed by atoms with Crippen molar-refractivity contribution in [3.05, 3.63) is 0 Å². The van der Waals surface area contributed by atoms with Crippen LogP contribution in [0.3, 0.4) is 0 Å². The zero-order chi connectivity index (χ0) is 107. The van der Waals surface area contributed by atoms with Gasteiger partial charge in [0.1, 0.15) is 280 Å². The fraction of sp³-hybridized carbons (Fsp3) is 0.939. The lowest BCUT2D eigenvalue weighted by molar-refractivity contribution is -0.406. The third-order valence-electron chi connectivity index (χ3n) is 27.0. The van der Waals surface area contributed by atoms with Gasteiger partial charge in [0.05, 0.1) is 78.3 Å². The summed E-state index contributed by atoms with van der Waals surface area (Å²) in [5, 5.41) is 364. The fourth-order valence-corrected chi connectivity index (χ4v) is 19.1. The second-order valence-corrected chi connectivity index (χ2v) is 37.3. The van der Waals surface area contributed by atoms with Gasteiger partial charge in [-0.05, 0) is 13.8 Å². The molecule has 0 aromatic rings. The Morgan fingerprint density at radius 1 is 0.192 bits per heavy atom. The first-order chi connectivity index (χ1) is 69.0. The maximum atomic E-state index is 13.6. The van der Waals surface area contributed by atoms with Crippen LogP contribution in [-0.4, -0.2) is 622 Å². The molecule has 36 N–H and O–H groups in total. The Kier molecular flexibility index (Phi) is 42.8. The summed E-state index contributed by atoms with van der Waals surface area (Å²) >= 11 is 0. The van der Waals surface area contributed by atoms with E-state index in [4.69, 9.17) is 109 Å². The number of nitrogens with one attached hydrogen (secondary N) is 5. The number of ether oxygens (including phenoxy) is 23. The third kappa shape index (κ3) is 26.4. The van der Waals surface area contributed by atoms with Crippen LogP contribution in [0.4, 0.5) is 0 Å². The van der Waals surface area contributed by atoms with Crippen LogP contribution in [0.15, 0.2) is 0 Å². The minimum atomic E-state index is -2.72. The van der Waals surface area contributed by atoms with Crippen molar-refractivity contribution in [3.8, 4) is 0 Å². The average molecular weight is 2140 g/mol. The molecule has 12 fully saturated rings. The predicted octanol–water partition coefficient (Wildman–Crippen LogP) is -24.4. The van der Waals surface area contributed by atoms with E-state index in [-0.39, 0.29) is 0 Å². The highest BCUT2D eigenvalue weighted by Crippen LogP contribution is 2.43. The van der Waals surface area contributed by atoms with E-state index in [1.807, 2.05) is 0 Å². The summed E-state index contributed by atoms with van der Waals surface area (Å²) in [4.78, 5) is 65.3. The van der Waals surface area contributed by atoms with E-state index in [2.05, 4.69) is 26.6 Å². The molecule has 0 aromatic heterocycles. The van der Waals surface area contributed by atoms with Gasteiger partial charge in [-0.3, -0.25) is 24.0 Å². The largest absolute Gasteiger partial charge is 0.394 e. The van der Waals surface area contributed by atoms with Crippen molar-refractivity contribution in [1.82, 2.24) is 26.6 Å². The number of aliphatic hydroxyl groups is 31. The molecule has 1 unspecified atom stereocenters. The predicted molar refractivity (Wildman–Crippen MR) is 450 cm³/mol. The van der Waals surface area contributed by atoms with Crippen LogP contribution in [0.1, 0.15) is 48.5 Å². The van der Waals surface area contributed by atoms with Gasteiger partial charge in [-0.2, -0.15) is 0 Å². The normalized spacial score (nSPS) is 49.8. The molecule has 12 heterocycles. The highest BCUT2D eigenvalue weighted by Gasteiger charge is 2.64. The van der Waals surface area contributed by atoms with E-state index in [9.17, 15) is 182 Å². The zero-order valence-electron chi connectivity index (χ0n) is 79.0. The second-order valence-electron chi connectivity index (χ2n) is 37.3. The van der Waals surface area contributed by atoms with Crippen molar-refractivity contribution in [1.29, 1.82) is 0 Å². The molecule has 64 nitrogen and oxygen atoms in total. The van der Waals surface area contributed by atoms with E-state index >= 15 is 0 Å². The molecule has 12 rings (SSSR count). The Morgan fingerprint density at radius 3 is 0.863 bits per heavy atom. The van der Waals surface area contributed by atoms with Crippen LogP contribution in [0.25, 0.3) is 0 Å². The first-order valence-corrected chi connectivity index (χ1v) is 46.9. The minimum Gasteiger partial charge on any atom is -0.394 e. The van der Waals surface area contributed by atoms with Crippen molar-refractivity contribution in [2.24, 2.45) is 0 Å². The fourth-order valence-electron chi connectivity index (χ4n) is 19.1. The molecule has 12 saturated heterocycles. The summed E-state index contributed by atoms with van der Waals surface area (Å²) in [6, 6.07) is -9.87. The maximum Gasteiger partial charge on any atom is 0.217 e. The highest BCUT2D eigenvalue weighted by molar-refractivity contribution is 5.75. The molecule has 0 radical (unpaired) electrons. The van der Waals surface area contributed by atoms with Crippen molar-refractivity contribution >= 4 is 29.5 Å². The summed E-state index contributed by atoms with van der Waals surface area (Å²) in [6.07, 6.45) is -117. The first-order valence-electron chi connectivity index (χ1n) is 46.9. The number of aliphatic hydroxyl groups excluding tert-OH is 31. The Hall–Kier alpha value is -4.81. The van der Waals surface area contributed by atoms with Gasteiger partial charge < -0.3 is 294 Å². The van der Waals surface area contributed by atoms with Crippen LogP contribution in [0.2, 0.25) is 0 Å². The number of rotatable bonds is 37. The molecule has 0 saturated carbocycles. The van der Waals surface area contributed by atoms with Crippen LogP contribution in [-0.2, 0) is 133 Å². The van der Waals surface area contributed by atoms with Crippen LogP contribution < -0.4 is 26.6 Å². The quantitative estimate of drug-likeness (QED) is 0.0275. The van der Waals surface area contributed by atoms with Gasteiger partial charge in [-0.15, -0.1) is 0 Å². The van der Waals surface area contributed by atoms with Crippen LogP contribution in [0.5, 0.6) is 0 Å². The van der Waals surface area contributed by atoms with Crippen molar-refractivity contribution in [3.63, 3.8) is 0 Å². The number of carbonyl (C=O) groups is 5. The molecular weight excluding hydrogens is 2000 g/mol. The monoisotopic (exact) mass is 2140 g/mol. The lowest BCUT2D eigenvalue weighted by Crippen LogP contribution is -2.71. The van der Waals surface area contributed by atoms with Gasteiger partial charge in [0.2, 0.25) is 29.5 Å². The SMILES string of the molecule is CC(=O)N[C@H]1[C@H](O[C@H]2[C@H](O)[C@@H](NC(C)=O)C(O)O[C@@H]2CO[C@@H]2O[C@@H](C)[C@@H](O)[C@@H](O)[C@@H]2O)O[C@H](CO)[C@@H](O[C@@H]2O[C@H](CO[C@H]3O[C@H](CO)[C@@H](O)[C@H](O)[C@@H]3O[C@@H]3O[C@H](CO)[C@@H](O[C@@H]4O[C@H](CO)[C@H](O)[C@H](O)[C@H]4O)[C@H](O)[C@H]3NC(C)=O)[C@@H](O)[C@H](O[C@H]3O[C@H](CO)[C@@H](O)[C@H](O)[C@@H]3O[C@@H]3O[C@H](CO)[C@@H](O[C@@H]4O[C@H](CO)[C@H](O)[C@H](O[C@H]5O[C@H](CO)[C@H](O)[C@H](O)[C@H]5NC(C)=O)[C@H]4O[C@@H]4O[C@@H](C)[C@@H](O)[C@@H](O)[C@@H]4O)[C@H](O)[C@H]3NC(C)=O)[C@@H]2O)[C@@H]1O.